The zero-order valence-electron chi connectivity index (χ0n) is 18.6. The van der Waals surface area contributed by atoms with Gasteiger partial charge in [-0.3, -0.25) is 4.79 Å². The van der Waals surface area contributed by atoms with Crippen LogP contribution in [0.4, 0.5) is 0 Å². The van der Waals surface area contributed by atoms with Gasteiger partial charge in [-0.25, -0.2) is 13.1 Å². The zero-order valence-corrected chi connectivity index (χ0v) is 19.4. The van der Waals surface area contributed by atoms with Gasteiger partial charge in [0.2, 0.25) is 15.9 Å². The number of fused-ring (bicyclic) bond motifs is 2. The van der Waals surface area contributed by atoms with Gasteiger partial charge in [0.05, 0.1) is 4.90 Å². The summed E-state index contributed by atoms with van der Waals surface area (Å²) in [6, 6.07) is 8.92. The van der Waals surface area contributed by atoms with Crippen molar-refractivity contribution in [1.29, 1.82) is 0 Å². The van der Waals surface area contributed by atoms with E-state index in [2.05, 4.69) is 30.4 Å². The number of nitrogens with zero attached hydrogens (tertiary/aromatic N) is 1. The second-order valence-corrected chi connectivity index (χ2v) is 12.8. The van der Waals surface area contributed by atoms with Crippen molar-refractivity contribution < 1.29 is 13.2 Å². The topological polar surface area (TPSA) is 66.5 Å². The molecule has 2 saturated carbocycles. The van der Waals surface area contributed by atoms with Crippen molar-refractivity contribution in [3.8, 4) is 0 Å². The Hall–Kier alpha value is -1.40. The van der Waals surface area contributed by atoms with Gasteiger partial charge in [-0.1, -0.05) is 39.0 Å². The lowest BCUT2D eigenvalue weighted by Gasteiger charge is -2.39. The van der Waals surface area contributed by atoms with E-state index in [1.165, 1.54) is 6.42 Å². The van der Waals surface area contributed by atoms with Gasteiger partial charge in [-0.15, -0.1) is 0 Å². The molecule has 0 spiro atoms. The first-order valence-corrected chi connectivity index (χ1v) is 12.9. The molecule has 1 heterocycles. The molecule has 0 aromatic heterocycles. The third-order valence-electron chi connectivity index (χ3n) is 7.51. The summed E-state index contributed by atoms with van der Waals surface area (Å²) < 4.78 is 27.6. The SMILES string of the molecule is CC1(C)C[C@@H]2C[C@](C)(CN2C(=O)C2CCC(CNS(=O)(=O)c3ccccc3)CC2)C1. The van der Waals surface area contributed by atoms with Crippen LogP contribution < -0.4 is 4.72 Å². The molecule has 1 saturated heterocycles. The normalized spacial score (nSPS) is 33.4. The van der Waals surface area contributed by atoms with Gasteiger partial charge in [0.1, 0.15) is 0 Å². The molecule has 5 nitrogen and oxygen atoms in total. The average Bonchev–Trinajstić information content (AvgIpc) is 2.95. The van der Waals surface area contributed by atoms with E-state index in [4.69, 9.17) is 0 Å². The van der Waals surface area contributed by atoms with Crippen LogP contribution in [0.15, 0.2) is 35.2 Å². The highest BCUT2D eigenvalue weighted by Gasteiger charge is 2.51. The Morgan fingerprint density at radius 1 is 1.07 bits per heavy atom. The maximum absolute atomic E-state index is 13.3. The molecule has 1 aromatic carbocycles. The van der Waals surface area contributed by atoms with Crippen LogP contribution >= 0.6 is 0 Å². The van der Waals surface area contributed by atoms with Crippen LogP contribution in [-0.2, 0) is 14.8 Å². The van der Waals surface area contributed by atoms with E-state index in [0.717, 1.165) is 45.1 Å². The molecule has 0 radical (unpaired) electrons. The van der Waals surface area contributed by atoms with Crippen molar-refractivity contribution in [2.24, 2.45) is 22.7 Å². The molecule has 2 atom stereocenters. The van der Waals surface area contributed by atoms with Crippen LogP contribution in [0.3, 0.4) is 0 Å². The fourth-order valence-corrected chi connectivity index (χ4v) is 7.61. The standard InChI is InChI=1S/C24H36N2O3S/c1-23(2)13-20-14-24(3,16-23)17-26(20)22(27)19-11-9-18(10-12-19)15-25-30(28,29)21-7-5-4-6-8-21/h4-8,18-20,25H,9-17H2,1-3H3/t18?,19?,20-,24+/m1/s1. The maximum Gasteiger partial charge on any atom is 0.240 e. The van der Waals surface area contributed by atoms with Gasteiger partial charge in [0.25, 0.3) is 0 Å². The lowest BCUT2D eigenvalue weighted by molar-refractivity contribution is -0.138. The van der Waals surface area contributed by atoms with Crippen molar-refractivity contribution in [3.05, 3.63) is 30.3 Å². The highest BCUT2D eigenvalue weighted by molar-refractivity contribution is 7.89. The van der Waals surface area contributed by atoms with Crippen LogP contribution in [0.25, 0.3) is 0 Å². The first-order valence-electron chi connectivity index (χ1n) is 11.4. The summed E-state index contributed by atoms with van der Waals surface area (Å²) in [5.74, 6) is 0.768. The maximum atomic E-state index is 13.3. The van der Waals surface area contributed by atoms with Crippen molar-refractivity contribution in [2.45, 2.75) is 76.7 Å². The fourth-order valence-electron chi connectivity index (χ4n) is 6.48. The third-order valence-corrected chi connectivity index (χ3v) is 8.95. The predicted octanol–water partition coefficient (Wildman–Crippen LogP) is 4.20. The number of benzene rings is 1. The summed E-state index contributed by atoms with van der Waals surface area (Å²) in [4.78, 5) is 15.8. The van der Waals surface area contributed by atoms with Crippen LogP contribution in [0, 0.1) is 22.7 Å². The molecule has 30 heavy (non-hydrogen) atoms. The Bertz CT molecular complexity index is 875. The van der Waals surface area contributed by atoms with Gasteiger partial charge in [0.15, 0.2) is 0 Å². The summed E-state index contributed by atoms with van der Waals surface area (Å²) in [6.07, 6.45) is 7.04. The van der Waals surface area contributed by atoms with Gasteiger partial charge >= 0.3 is 0 Å². The minimum Gasteiger partial charge on any atom is -0.339 e. The lowest BCUT2D eigenvalue weighted by Crippen LogP contribution is -2.42. The number of nitrogens with one attached hydrogen (secondary N) is 1. The second-order valence-electron chi connectivity index (χ2n) is 11.1. The molecular formula is C24H36N2O3S. The third kappa shape index (κ3) is 4.59. The summed E-state index contributed by atoms with van der Waals surface area (Å²) in [5.41, 5.74) is 0.593. The van der Waals surface area contributed by atoms with E-state index in [9.17, 15) is 13.2 Å². The van der Waals surface area contributed by atoms with E-state index in [0.29, 0.717) is 34.7 Å². The van der Waals surface area contributed by atoms with Crippen molar-refractivity contribution in [3.63, 3.8) is 0 Å². The molecule has 1 aliphatic heterocycles. The Kier molecular flexibility index (Phi) is 5.77. The molecular weight excluding hydrogens is 396 g/mol. The Morgan fingerprint density at radius 3 is 2.40 bits per heavy atom. The molecule has 2 bridgehead atoms. The van der Waals surface area contributed by atoms with E-state index < -0.39 is 10.0 Å². The molecule has 1 aromatic rings. The van der Waals surface area contributed by atoms with Crippen molar-refractivity contribution in [1.82, 2.24) is 9.62 Å². The molecule has 4 rings (SSSR count). The van der Waals surface area contributed by atoms with Gasteiger partial charge in [-0.05, 0) is 73.8 Å². The number of sulfonamides is 1. The lowest BCUT2D eigenvalue weighted by atomic mass is 9.65. The summed E-state index contributed by atoms with van der Waals surface area (Å²) in [6.45, 7) is 8.40. The highest BCUT2D eigenvalue weighted by Crippen LogP contribution is 2.53. The van der Waals surface area contributed by atoms with Crippen LogP contribution in [0.1, 0.15) is 65.7 Å². The monoisotopic (exact) mass is 432 g/mol. The first kappa shape index (κ1) is 21.8. The first-order chi connectivity index (χ1) is 14.1. The summed E-state index contributed by atoms with van der Waals surface area (Å²) in [5, 5.41) is 0. The molecule has 2 aliphatic carbocycles. The van der Waals surface area contributed by atoms with Gasteiger partial charge in [-0.2, -0.15) is 0 Å². The average molecular weight is 433 g/mol. The number of amides is 1. The molecule has 1 N–H and O–H groups in total. The number of hydrogen-bond acceptors (Lipinski definition) is 3. The number of likely N-dealkylation sites (tertiary alicyclic amines) is 1. The smallest absolute Gasteiger partial charge is 0.240 e. The van der Waals surface area contributed by atoms with Crippen LogP contribution in [0.2, 0.25) is 0 Å². The minimum atomic E-state index is -3.46. The largest absolute Gasteiger partial charge is 0.339 e. The van der Waals surface area contributed by atoms with E-state index >= 15 is 0 Å². The second kappa shape index (κ2) is 7.94. The van der Waals surface area contributed by atoms with Crippen molar-refractivity contribution >= 4 is 15.9 Å². The predicted molar refractivity (Wildman–Crippen MR) is 118 cm³/mol. The van der Waals surface area contributed by atoms with Gasteiger partial charge in [0, 0.05) is 25.0 Å². The number of carbonyl (C=O) groups is 1. The molecule has 166 valence electrons. The summed E-state index contributed by atoms with van der Waals surface area (Å²) >= 11 is 0. The Labute approximate surface area is 181 Å². The van der Waals surface area contributed by atoms with Crippen LogP contribution in [-0.4, -0.2) is 38.4 Å². The van der Waals surface area contributed by atoms with Crippen LogP contribution in [0.5, 0.6) is 0 Å². The highest BCUT2D eigenvalue weighted by atomic mass is 32.2. The molecule has 0 unspecified atom stereocenters. The zero-order chi connectivity index (χ0) is 21.6. The number of rotatable bonds is 5. The molecule has 6 heteroatoms. The minimum absolute atomic E-state index is 0.109. The van der Waals surface area contributed by atoms with E-state index in [1.807, 2.05) is 6.07 Å². The fraction of sp³-hybridized carbons (Fsp3) is 0.708. The quantitative estimate of drug-likeness (QED) is 0.758. The van der Waals surface area contributed by atoms with E-state index in [-0.39, 0.29) is 11.3 Å². The number of carbonyl (C=O) groups excluding carboxylic acids is 1. The molecule has 3 fully saturated rings. The van der Waals surface area contributed by atoms with Crippen molar-refractivity contribution in [2.75, 3.05) is 13.1 Å². The molecule has 1 amide bonds. The molecule has 3 aliphatic rings. The summed E-state index contributed by atoms with van der Waals surface area (Å²) in [7, 11) is -3.46. The Balaban J connectivity index is 1.29. The van der Waals surface area contributed by atoms with E-state index in [1.54, 1.807) is 24.3 Å². The number of hydrogen-bond donors (Lipinski definition) is 1. The Morgan fingerprint density at radius 2 is 1.73 bits per heavy atom. The van der Waals surface area contributed by atoms with Gasteiger partial charge < -0.3 is 4.90 Å².